The Balaban J connectivity index is 2.73. The van der Waals surface area contributed by atoms with E-state index in [1.807, 2.05) is 46.8 Å². The molecule has 1 heterocycles. The molecule has 4 nitrogen and oxygen atoms in total. The van der Waals surface area contributed by atoms with Crippen LogP contribution >= 0.6 is 0 Å². The average molecular weight is 426 g/mol. The third-order valence-electron chi connectivity index (χ3n) is 5.45. The average Bonchev–Trinajstić information content (AvgIpc) is 2.73. The highest BCUT2D eigenvalue weighted by molar-refractivity contribution is 5.28. The lowest BCUT2D eigenvalue weighted by atomic mass is 9.95. The van der Waals surface area contributed by atoms with E-state index in [1.165, 1.54) is 11.6 Å². The van der Waals surface area contributed by atoms with Crippen molar-refractivity contribution in [1.82, 2.24) is 4.98 Å². The van der Waals surface area contributed by atoms with Crippen LogP contribution in [0.3, 0.4) is 0 Å². The van der Waals surface area contributed by atoms with E-state index in [9.17, 15) is 9.90 Å². The van der Waals surface area contributed by atoms with Gasteiger partial charge in [0.15, 0.2) is 11.3 Å². The van der Waals surface area contributed by atoms with Gasteiger partial charge in [0.25, 0.3) is 0 Å². The van der Waals surface area contributed by atoms with Crippen molar-refractivity contribution in [3.63, 3.8) is 0 Å². The van der Waals surface area contributed by atoms with Gasteiger partial charge in [0.1, 0.15) is 0 Å². The minimum absolute atomic E-state index is 0.0143. The van der Waals surface area contributed by atoms with Gasteiger partial charge in [-0.3, -0.25) is 4.79 Å². The minimum atomic E-state index is -0.492. The van der Waals surface area contributed by atoms with E-state index in [0.717, 1.165) is 34.4 Å². The van der Waals surface area contributed by atoms with Crippen molar-refractivity contribution in [2.45, 2.75) is 67.4 Å². The molecule has 0 aliphatic heterocycles. The quantitative estimate of drug-likeness (QED) is 0.358. The summed E-state index contributed by atoms with van der Waals surface area (Å²) >= 11 is 0. The fourth-order valence-corrected chi connectivity index (χ4v) is 3.26. The molecule has 0 aromatic carbocycles. The monoisotopic (exact) mass is 425 g/mol. The highest BCUT2D eigenvalue weighted by Gasteiger charge is 2.13. The maximum atomic E-state index is 12.0. The lowest BCUT2D eigenvalue weighted by Crippen LogP contribution is -2.17. The Morgan fingerprint density at radius 3 is 2.52 bits per heavy atom. The number of nitrogens with one attached hydrogen (secondary N) is 1. The van der Waals surface area contributed by atoms with Crippen molar-refractivity contribution in [2.24, 2.45) is 5.92 Å². The maximum absolute atomic E-state index is 12.0. The number of methoxy groups -OCH3 is 1. The molecule has 170 valence electrons. The van der Waals surface area contributed by atoms with E-state index in [4.69, 9.17) is 4.74 Å². The van der Waals surface area contributed by atoms with Crippen LogP contribution in [-0.2, 0) is 6.42 Å². The smallest absolute Gasteiger partial charge is 0.194 e. The Morgan fingerprint density at radius 2 is 1.90 bits per heavy atom. The Hall–Kier alpha value is -2.59. The Bertz CT molecular complexity index is 942. The van der Waals surface area contributed by atoms with Gasteiger partial charge in [-0.15, -0.1) is 0 Å². The maximum Gasteiger partial charge on any atom is 0.194 e. The fraction of sp³-hybridized carbons (Fsp3) is 0.444. The van der Waals surface area contributed by atoms with Crippen LogP contribution in [0.25, 0.3) is 0 Å². The molecular formula is C27H39NO3. The molecule has 4 heteroatoms. The van der Waals surface area contributed by atoms with Gasteiger partial charge in [-0.2, -0.15) is 0 Å². The highest BCUT2D eigenvalue weighted by atomic mass is 16.5. The fourth-order valence-electron chi connectivity index (χ4n) is 3.26. The van der Waals surface area contributed by atoms with Crippen LogP contribution in [0.1, 0.15) is 59.2 Å². The van der Waals surface area contributed by atoms with Gasteiger partial charge < -0.3 is 14.8 Å². The predicted octanol–water partition coefficient (Wildman–Crippen LogP) is 5.98. The lowest BCUT2D eigenvalue weighted by molar-refractivity contribution is 0.173. The number of aliphatic hydroxyl groups excluding tert-OH is 1. The van der Waals surface area contributed by atoms with E-state index < -0.39 is 6.10 Å². The van der Waals surface area contributed by atoms with Crippen molar-refractivity contribution in [1.29, 1.82) is 0 Å². The molecule has 0 fully saturated rings. The molecule has 2 unspecified atom stereocenters. The first-order chi connectivity index (χ1) is 14.6. The molecule has 0 bridgehead atoms. The Kier molecular flexibility index (Phi) is 11.1. The topological polar surface area (TPSA) is 62.3 Å². The zero-order valence-electron chi connectivity index (χ0n) is 20.4. The molecule has 31 heavy (non-hydrogen) atoms. The Labute approximate surface area is 187 Å². The minimum Gasteiger partial charge on any atom is -0.482 e. The van der Waals surface area contributed by atoms with Crippen molar-refractivity contribution in [3.05, 3.63) is 86.3 Å². The second kappa shape index (κ2) is 13.0. The first kappa shape index (κ1) is 26.4. The van der Waals surface area contributed by atoms with Crippen LogP contribution < -0.4 is 10.2 Å². The lowest BCUT2D eigenvalue weighted by Gasteiger charge is -2.17. The van der Waals surface area contributed by atoms with Gasteiger partial charge in [0, 0.05) is 29.7 Å². The number of aromatic amines is 1. The largest absolute Gasteiger partial charge is 0.482 e. The second-order valence-corrected chi connectivity index (χ2v) is 8.30. The van der Waals surface area contributed by atoms with Crippen LogP contribution in [0, 0.1) is 12.8 Å². The van der Waals surface area contributed by atoms with E-state index in [-0.39, 0.29) is 11.3 Å². The van der Waals surface area contributed by atoms with E-state index in [1.54, 1.807) is 7.11 Å². The molecule has 0 saturated heterocycles. The number of hydrogen-bond acceptors (Lipinski definition) is 3. The van der Waals surface area contributed by atoms with Crippen LogP contribution in [0.2, 0.25) is 0 Å². The SMILES string of the molecule is CC=C(C)C=C(C)C(O)C(C)C=C(C)C=CCC(C)=CCc1[nH]c(OC)cc(=O)c1C. The summed E-state index contributed by atoms with van der Waals surface area (Å²) in [6.45, 7) is 14.0. The third kappa shape index (κ3) is 8.97. The summed E-state index contributed by atoms with van der Waals surface area (Å²) in [7, 11) is 1.55. The molecule has 2 atom stereocenters. The highest BCUT2D eigenvalue weighted by Crippen LogP contribution is 2.18. The molecular weight excluding hydrogens is 386 g/mol. The Morgan fingerprint density at radius 1 is 1.23 bits per heavy atom. The summed E-state index contributed by atoms with van der Waals surface area (Å²) in [6.07, 6.45) is 13.5. The van der Waals surface area contributed by atoms with Crippen LogP contribution in [-0.4, -0.2) is 23.3 Å². The molecule has 1 rings (SSSR count). The van der Waals surface area contributed by atoms with Crippen molar-refractivity contribution < 1.29 is 9.84 Å². The second-order valence-electron chi connectivity index (χ2n) is 8.30. The summed E-state index contributed by atoms with van der Waals surface area (Å²) in [6, 6.07) is 1.48. The van der Waals surface area contributed by atoms with Crippen LogP contribution in [0.15, 0.2) is 69.6 Å². The third-order valence-corrected chi connectivity index (χ3v) is 5.45. The van der Waals surface area contributed by atoms with E-state index in [0.29, 0.717) is 12.3 Å². The molecule has 0 amide bonds. The van der Waals surface area contributed by atoms with Crippen molar-refractivity contribution in [3.8, 4) is 5.88 Å². The number of rotatable bonds is 10. The van der Waals surface area contributed by atoms with Crippen LogP contribution in [0.4, 0.5) is 0 Å². The molecule has 0 spiro atoms. The van der Waals surface area contributed by atoms with Gasteiger partial charge in [0.2, 0.25) is 0 Å². The number of allylic oxidation sites excluding steroid dienone is 8. The molecule has 0 aliphatic carbocycles. The first-order valence-corrected chi connectivity index (χ1v) is 10.9. The zero-order valence-corrected chi connectivity index (χ0v) is 20.4. The van der Waals surface area contributed by atoms with Gasteiger partial charge >= 0.3 is 0 Å². The normalized spacial score (nSPS) is 16.0. The summed E-state index contributed by atoms with van der Waals surface area (Å²) in [4.78, 5) is 15.2. The molecule has 0 aliphatic rings. The molecule has 0 saturated carbocycles. The summed E-state index contributed by atoms with van der Waals surface area (Å²) in [5.74, 6) is 0.523. The van der Waals surface area contributed by atoms with Gasteiger partial charge in [-0.25, -0.2) is 0 Å². The number of H-pyrrole nitrogens is 1. The molecule has 0 radical (unpaired) electrons. The van der Waals surface area contributed by atoms with E-state index in [2.05, 4.69) is 43.1 Å². The van der Waals surface area contributed by atoms with Gasteiger partial charge in [0.05, 0.1) is 13.2 Å². The van der Waals surface area contributed by atoms with Gasteiger partial charge in [-0.1, -0.05) is 60.1 Å². The van der Waals surface area contributed by atoms with Crippen molar-refractivity contribution in [2.75, 3.05) is 7.11 Å². The van der Waals surface area contributed by atoms with Crippen molar-refractivity contribution >= 4 is 0 Å². The molecule has 1 aromatic heterocycles. The predicted molar refractivity (Wildman–Crippen MR) is 132 cm³/mol. The number of ether oxygens (including phenoxy) is 1. The number of pyridine rings is 1. The van der Waals surface area contributed by atoms with Gasteiger partial charge in [-0.05, 0) is 53.5 Å². The number of aromatic nitrogens is 1. The molecule has 2 N–H and O–H groups in total. The zero-order chi connectivity index (χ0) is 23.6. The summed E-state index contributed by atoms with van der Waals surface area (Å²) < 4.78 is 5.16. The standard InChI is InChI=1S/C27H39NO3/c1-9-18(2)15-21(5)27(30)22(6)16-20(4)12-10-11-19(3)13-14-24-23(7)25(29)17-26(28-24)31-8/h9-10,12-13,15-17,22,27,30H,11,14H2,1-8H3,(H,28,29). The number of hydrogen-bond donors (Lipinski definition) is 2. The summed E-state index contributed by atoms with van der Waals surface area (Å²) in [5.41, 5.74) is 6.06. The first-order valence-electron chi connectivity index (χ1n) is 10.9. The van der Waals surface area contributed by atoms with Crippen LogP contribution in [0.5, 0.6) is 5.88 Å². The summed E-state index contributed by atoms with van der Waals surface area (Å²) in [5, 5.41) is 10.5. The van der Waals surface area contributed by atoms with E-state index >= 15 is 0 Å². The number of aliphatic hydroxyl groups is 1. The molecule has 1 aromatic rings.